The van der Waals surface area contributed by atoms with Gasteiger partial charge in [-0.1, -0.05) is 41.9 Å². The lowest BCUT2D eigenvalue weighted by molar-refractivity contribution is 0.776. The Hall–Kier alpha value is -1.65. The zero-order valence-electron chi connectivity index (χ0n) is 9.18. The Morgan fingerprint density at radius 3 is 2.41 bits per heavy atom. The van der Waals surface area contributed by atoms with Gasteiger partial charge < -0.3 is 11.1 Å². The normalized spacial score (nSPS) is 12.1. The largest absolute Gasteiger partial charge is 0.346 e. The fourth-order valence-corrected chi connectivity index (χ4v) is 1.60. The van der Waals surface area contributed by atoms with E-state index in [2.05, 4.69) is 15.3 Å². The Morgan fingerprint density at radius 1 is 1.18 bits per heavy atom. The Balaban J connectivity index is 2.13. The number of anilines is 1. The lowest BCUT2D eigenvalue weighted by Gasteiger charge is -2.16. The van der Waals surface area contributed by atoms with Crippen molar-refractivity contribution in [2.24, 2.45) is 5.73 Å². The highest BCUT2D eigenvalue weighted by molar-refractivity contribution is 6.30. The second-order valence-electron chi connectivity index (χ2n) is 3.57. The topological polar surface area (TPSA) is 63.8 Å². The van der Waals surface area contributed by atoms with Crippen LogP contribution >= 0.6 is 11.6 Å². The van der Waals surface area contributed by atoms with Crippen molar-refractivity contribution in [1.82, 2.24) is 9.97 Å². The summed E-state index contributed by atoms with van der Waals surface area (Å²) in [5, 5.41) is 3.68. The van der Waals surface area contributed by atoms with E-state index in [-0.39, 0.29) is 6.04 Å². The first-order valence-corrected chi connectivity index (χ1v) is 5.66. The van der Waals surface area contributed by atoms with E-state index in [0.717, 1.165) is 5.56 Å². The molecule has 4 nitrogen and oxygen atoms in total. The molecular formula is C12H13ClN4. The highest BCUT2D eigenvalue weighted by atomic mass is 35.5. The average molecular weight is 249 g/mol. The summed E-state index contributed by atoms with van der Waals surface area (Å²) in [6, 6.07) is 9.94. The Labute approximate surface area is 105 Å². The van der Waals surface area contributed by atoms with E-state index in [4.69, 9.17) is 17.3 Å². The lowest BCUT2D eigenvalue weighted by atomic mass is 10.1. The molecule has 17 heavy (non-hydrogen) atoms. The molecule has 0 spiro atoms. The third-order valence-electron chi connectivity index (χ3n) is 2.36. The SMILES string of the molecule is NCC(Nc1ncc(Cl)cn1)c1ccccc1. The fourth-order valence-electron chi connectivity index (χ4n) is 1.51. The van der Waals surface area contributed by atoms with Gasteiger partial charge in [-0.05, 0) is 5.56 Å². The van der Waals surface area contributed by atoms with Crippen LogP contribution in [0.3, 0.4) is 0 Å². The Kier molecular flexibility index (Phi) is 3.90. The summed E-state index contributed by atoms with van der Waals surface area (Å²) in [6.45, 7) is 0.468. The summed E-state index contributed by atoms with van der Waals surface area (Å²) in [7, 11) is 0. The number of nitrogens with two attached hydrogens (primary N) is 1. The quantitative estimate of drug-likeness (QED) is 0.871. The molecule has 0 aliphatic rings. The molecule has 5 heteroatoms. The van der Waals surface area contributed by atoms with Gasteiger partial charge in [-0.3, -0.25) is 0 Å². The van der Waals surface area contributed by atoms with Gasteiger partial charge in [0, 0.05) is 6.54 Å². The molecule has 0 saturated carbocycles. The van der Waals surface area contributed by atoms with Crippen LogP contribution in [0.1, 0.15) is 11.6 Å². The molecule has 0 amide bonds. The van der Waals surface area contributed by atoms with E-state index in [1.54, 1.807) is 12.4 Å². The fraction of sp³-hybridized carbons (Fsp3) is 0.167. The molecule has 1 atom stereocenters. The van der Waals surface area contributed by atoms with Gasteiger partial charge in [0.05, 0.1) is 23.5 Å². The average Bonchev–Trinajstić information content (AvgIpc) is 2.39. The van der Waals surface area contributed by atoms with Crippen LogP contribution in [0.5, 0.6) is 0 Å². The first kappa shape index (κ1) is 11.8. The second-order valence-corrected chi connectivity index (χ2v) is 4.00. The monoisotopic (exact) mass is 248 g/mol. The maximum atomic E-state index is 5.74. The number of rotatable bonds is 4. The number of hydrogen-bond donors (Lipinski definition) is 2. The van der Waals surface area contributed by atoms with E-state index in [1.807, 2.05) is 30.3 Å². The summed E-state index contributed by atoms with van der Waals surface area (Å²) in [5.41, 5.74) is 6.84. The molecular weight excluding hydrogens is 236 g/mol. The lowest BCUT2D eigenvalue weighted by Crippen LogP contribution is -2.21. The number of nitrogens with zero attached hydrogens (tertiary/aromatic N) is 2. The minimum Gasteiger partial charge on any atom is -0.346 e. The van der Waals surface area contributed by atoms with Crippen LogP contribution in [0, 0.1) is 0 Å². The molecule has 1 unspecified atom stereocenters. The number of nitrogens with one attached hydrogen (secondary N) is 1. The molecule has 0 saturated heterocycles. The summed E-state index contributed by atoms with van der Waals surface area (Å²) in [4.78, 5) is 8.16. The van der Waals surface area contributed by atoms with Crippen molar-refractivity contribution in [3.05, 3.63) is 53.3 Å². The molecule has 3 N–H and O–H groups in total. The number of hydrogen-bond acceptors (Lipinski definition) is 4. The predicted molar refractivity (Wildman–Crippen MR) is 68.9 cm³/mol. The van der Waals surface area contributed by atoms with Gasteiger partial charge in [0.25, 0.3) is 0 Å². The Bertz CT molecular complexity index is 458. The van der Waals surface area contributed by atoms with Crippen LogP contribution < -0.4 is 11.1 Å². The molecule has 1 aromatic carbocycles. The van der Waals surface area contributed by atoms with E-state index < -0.39 is 0 Å². The van der Waals surface area contributed by atoms with Crippen molar-refractivity contribution in [2.75, 3.05) is 11.9 Å². The van der Waals surface area contributed by atoms with Crippen LogP contribution in [0.2, 0.25) is 5.02 Å². The van der Waals surface area contributed by atoms with Crippen molar-refractivity contribution in [1.29, 1.82) is 0 Å². The predicted octanol–water partition coefficient (Wildman–Crippen LogP) is 2.24. The summed E-state index contributed by atoms with van der Waals surface area (Å²) >= 11 is 5.72. The van der Waals surface area contributed by atoms with E-state index >= 15 is 0 Å². The van der Waals surface area contributed by atoms with Gasteiger partial charge in [-0.25, -0.2) is 9.97 Å². The van der Waals surface area contributed by atoms with Crippen molar-refractivity contribution >= 4 is 17.5 Å². The van der Waals surface area contributed by atoms with Crippen LogP contribution in [-0.2, 0) is 0 Å². The van der Waals surface area contributed by atoms with Gasteiger partial charge in [0.2, 0.25) is 5.95 Å². The summed E-state index contributed by atoms with van der Waals surface area (Å²) in [5.74, 6) is 0.522. The van der Waals surface area contributed by atoms with Crippen molar-refractivity contribution in [3.63, 3.8) is 0 Å². The third-order valence-corrected chi connectivity index (χ3v) is 2.56. The minimum atomic E-state index is -0.00243. The first-order valence-electron chi connectivity index (χ1n) is 5.28. The minimum absolute atomic E-state index is 0.00243. The first-order chi connectivity index (χ1) is 8.29. The molecule has 0 aliphatic heterocycles. The molecule has 0 aliphatic carbocycles. The van der Waals surface area contributed by atoms with Crippen molar-refractivity contribution < 1.29 is 0 Å². The second kappa shape index (κ2) is 5.61. The van der Waals surface area contributed by atoms with Gasteiger partial charge in [0.15, 0.2) is 0 Å². The smallest absolute Gasteiger partial charge is 0.223 e. The highest BCUT2D eigenvalue weighted by Gasteiger charge is 2.09. The zero-order chi connectivity index (χ0) is 12.1. The van der Waals surface area contributed by atoms with Gasteiger partial charge >= 0.3 is 0 Å². The maximum Gasteiger partial charge on any atom is 0.223 e. The zero-order valence-corrected chi connectivity index (χ0v) is 9.93. The number of halogens is 1. The summed E-state index contributed by atoms with van der Waals surface area (Å²) in [6.07, 6.45) is 3.10. The summed E-state index contributed by atoms with van der Waals surface area (Å²) < 4.78 is 0. The van der Waals surface area contributed by atoms with E-state index in [0.29, 0.717) is 17.5 Å². The molecule has 0 bridgehead atoms. The number of benzene rings is 1. The molecule has 1 aromatic heterocycles. The van der Waals surface area contributed by atoms with Crippen LogP contribution in [-0.4, -0.2) is 16.5 Å². The van der Waals surface area contributed by atoms with E-state index in [9.17, 15) is 0 Å². The molecule has 2 aromatic rings. The van der Waals surface area contributed by atoms with Crippen molar-refractivity contribution in [2.45, 2.75) is 6.04 Å². The van der Waals surface area contributed by atoms with E-state index in [1.165, 1.54) is 0 Å². The van der Waals surface area contributed by atoms with Gasteiger partial charge in [-0.15, -0.1) is 0 Å². The van der Waals surface area contributed by atoms with Gasteiger partial charge in [0.1, 0.15) is 0 Å². The van der Waals surface area contributed by atoms with Gasteiger partial charge in [-0.2, -0.15) is 0 Å². The van der Waals surface area contributed by atoms with Crippen LogP contribution in [0.25, 0.3) is 0 Å². The highest BCUT2D eigenvalue weighted by Crippen LogP contribution is 2.16. The molecule has 1 heterocycles. The maximum absolute atomic E-state index is 5.74. The Morgan fingerprint density at radius 2 is 1.82 bits per heavy atom. The standard InChI is InChI=1S/C12H13ClN4/c13-10-7-15-12(16-8-10)17-11(6-14)9-4-2-1-3-5-9/h1-5,7-8,11H,6,14H2,(H,15,16,17). The van der Waals surface area contributed by atoms with Crippen LogP contribution in [0.4, 0.5) is 5.95 Å². The number of aromatic nitrogens is 2. The van der Waals surface area contributed by atoms with Crippen molar-refractivity contribution in [3.8, 4) is 0 Å². The third kappa shape index (κ3) is 3.15. The molecule has 0 fully saturated rings. The molecule has 0 radical (unpaired) electrons. The molecule has 88 valence electrons. The van der Waals surface area contributed by atoms with Crippen LogP contribution in [0.15, 0.2) is 42.7 Å². The molecule has 2 rings (SSSR count).